The molecule has 3 heteroatoms. The van der Waals surface area contributed by atoms with Crippen molar-refractivity contribution in [2.75, 3.05) is 26.7 Å². The number of rotatable bonds is 3. The first kappa shape index (κ1) is 12.9. The molecule has 2 unspecified atom stereocenters. The number of ether oxygens (including phenoxy) is 1. The van der Waals surface area contributed by atoms with Crippen molar-refractivity contribution in [1.29, 1.82) is 0 Å². The van der Waals surface area contributed by atoms with Crippen molar-refractivity contribution in [3.8, 4) is 5.75 Å². The summed E-state index contributed by atoms with van der Waals surface area (Å²) >= 11 is 0. The van der Waals surface area contributed by atoms with Crippen molar-refractivity contribution >= 4 is 0 Å². The summed E-state index contributed by atoms with van der Waals surface area (Å²) in [6.07, 6.45) is 1.30. The maximum atomic E-state index is 6.07. The number of nitrogens with zero attached hydrogens (tertiary/aromatic N) is 1. The molecule has 1 aromatic rings. The predicted octanol–water partition coefficient (Wildman–Crippen LogP) is 2.44. The Balaban J connectivity index is 1.69. The summed E-state index contributed by atoms with van der Waals surface area (Å²) in [6, 6.07) is 8.70. The van der Waals surface area contributed by atoms with Gasteiger partial charge in [0.15, 0.2) is 0 Å². The summed E-state index contributed by atoms with van der Waals surface area (Å²) in [5.74, 6) is 1.81. The summed E-state index contributed by atoms with van der Waals surface area (Å²) in [7, 11) is 2.21. The fourth-order valence-corrected chi connectivity index (χ4v) is 3.36. The normalized spacial score (nSPS) is 29.2. The van der Waals surface area contributed by atoms with Crippen LogP contribution in [0.4, 0.5) is 0 Å². The van der Waals surface area contributed by atoms with Gasteiger partial charge in [-0.1, -0.05) is 18.2 Å². The highest BCUT2D eigenvalue weighted by atomic mass is 16.5. The number of hydrogen-bond acceptors (Lipinski definition) is 3. The molecule has 2 heterocycles. The average molecular weight is 260 g/mol. The van der Waals surface area contributed by atoms with Crippen LogP contribution in [-0.4, -0.2) is 37.2 Å². The Morgan fingerprint density at radius 1 is 1.37 bits per heavy atom. The van der Waals surface area contributed by atoms with Crippen molar-refractivity contribution in [3.63, 3.8) is 0 Å². The molecule has 2 atom stereocenters. The molecule has 0 aliphatic carbocycles. The molecule has 2 aliphatic rings. The van der Waals surface area contributed by atoms with E-state index in [1.165, 1.54) is 25.1 Å². The van der Waals surface area contributed by atoms with Crippen LogP contribution in [0.15, 0.2) is 24.3 Å². The second kappa shape index (κ2) is 4.80. The van der Waals surface area contributed by atoms with Crippen LogP contribution in [0.2, 0.25) is 0 Å². The molecule has 19 heavy (non-hydrogen) atoms. The molecule has 0 amide bonds. The highest BCUT2D eigenvalue weighted by Gasteiger charge is 2.40. The molecule has 3 nitrogen and oxygen atoms in total. The quantitative estimate of drug-likeness (QED) is 0.903. The molecule has 104 valence electrons. The Bertz CT molecular complexity index is 458. The average Bonchev–Trinajstić information content (AvgIpc) is 2.87. The first-order valence-electron chi connectivity index (χ1n) is 7.26. The Labute approximate surface area is 115 Å². The van der Waals surface area contributed by atoms with Gasteiger partial charge < -0.3 is 15.0 Å². The van der Waals surface area contributed by atoms with Crippen molar-refractivity contribution in [3.05, 3.63) is 29.8 Å². The van der Waals surface area contributed by atoms with E-state index in [0.717, 1.165) is 18.2 Å². The van der Waals surface area contributed by atoms with Crippen molar-refractivity contribution in [1.82, 2.24) is 10.2 Å². The molecule has 2 aliphatic heterocycles. The van der Waals surface area contributed by atoms with Gasteiger partial charge in [-0.3, -0.25) is 0 Å². The van der Waals surface area contributed by atoms with Gasteiger partial charge in [0.05, 0.1) is 6.04 Å². The van der Waals surface area contributed by atoms with E-state index in [1.54, 1.807) is 0 Å². The van der Waals surface area contributed by atoms with Gasteiger partial charge in [0.1, 0.15) is 11.4 Å². The Morgan fingerprint density at radius 3 is 2.89 bits per heavy atom. The monoisotopic (exact) mass is 260 g/mol. The van der Waals surface area contributed by atoms with Gasteiger partial charge in [-0.15, -0.1) is 0 Å². The van der Waals surface area contributed by atoms with E-state index in [2.05, 4.69) is 49.3 Å². The van der Waals surface area contributed by atoms with E-state index in [9.17, 15) is 0 Å². The molecule has 0 aromatic heterocycles. The summed E-state index contributed by atoms with van der Waals surface area (Å²) in [5.41, 5.74) is 1.15. The van der Waals surface area contributed by atoms with E-state index in [4.69, 9.17) is 4.74 Å². The number of benzene rings is 1. The van der Waals surface area contributed by atoms with E-state index in [0.29, 0.717) is 6.04 Å². The van der Waals surface area contributed by atoms with Crippen LogP contribution in [0.25, 0.3) is 0 Å². The molecule has 0 radical (unpaired) electrons. The number of fused-ring (bicyclic) bond motifs is 1. The zero-order valence-corrected chi connectivity index (χ0v) is 12.1. The van der Waals surface area contributed by atoms with Gasteiger partial charge >= 0.3 is 0 Å². The van der Waals surface area contributed by atoms with Gasteiger partial charge in [0, 0.05) is 12.1 Å². The van der Waals surface area contributed by atoms with Crippen LogP contribution < -0.4 is 10.1 Å². The molecule has 0 spiro atoms. The van der Waals surface area contributed by atoms with E-state index >= 15 is 0 Å². The topological polar surface area (TPSA) is 24.5 Å². The molecule has 1 fully saturated rings. The first-order chi connectivity index (χ1) is 9.06. The smallest absolute Gasteiger partial charge is 0.125 e. The summed E-state index contributed by atoms with van der Waals surface area (Å²) < 4.78 is 6.07. The fourth-order valence-electron chi connectivity index (χ4n) is 3.36. The zero-order valence-electron chi connectivity index (χ0n) is 12.1. The Hall–Kier alpha value is -1.06. The molecule has 3 rings (SSSR count). The molecule has 1 saturated heterocycles. The third-order valence-electron chi connectivity index (χ3n) is 4.40. The number of nitrogens with one attached hydrogen (secondary N) is 1. The minimum absolute atomic E-state index is 0.159. The van der Waals surface area contributed by atoms with Crippen molar-refractivity contribution < 1.29 is 4.74 Å². The molecule has 1 N–H and O–H groups in total. The van der Waals surface area contributed by atoms with Gasteiger partial charge in [0.2, 0.25) is 0 Å². The van der Waals surface area contributed by atoms with Crippen LogP contribution in [-0.2, 0) is 0 Å². The maximum Gasteiger partial charge on any atom is 0.125 e. The van der Waals surface area contributed by atoms with E-state index < -0.39 is 0 Å². The molecular weight excluding hydrogens is 236 g/mol. The number of likely N-dealkylation sites (tertiary alicyclic amines) is 1. The van der Waals surface area contributed by atoms with Crippen LogP contribution in [0.1, 0.15) is 31.9 Å². The Morgan fingerprint density at radius 2 is 2.16 bits per heavy atom. The SMILES string of the molecule is CN1CCC(CNC2c3ccccc3OC2(C)C)C1. The van der Waals surface area contributed by atoms with Crippen LogP contribution in [0.5, 0.6) is 5.75 Å². The minimum atomic E-state index is -0.159. The lowest BCUT2D eigenvalue weighted by atomic mass is 9.94. The van der Waals surface area contributed by atoms with Gasteiger partial charge in [-0.05, 0) is 52.4 Å². The minimum Gasteiger partial charge on any atom is -0.486 e. The van der Waals surface area contributed by atoms with Crippen molar-refractivity contribution in [2.45, 2.75) is 31.9 Å². The van der Waals surface area contributed by atoms with Crippen LogP contribution in [0.3, 0.4) is 0 Å². The lowest BCUT2D eigenvalue weighted by Crippen LogP contribution is -2.41. The molecular formula is C16H24N2O. The van der Waals surface area contributed by atoms with Gasteiger partial charge in [0.25, 0.3) is 0 Å². The van der Waals surface area contributed by atoms with Crippen LogP contribution >= 0.6 is 0 Å². The molecule has 1 aromatic carbocycles. The third kappa shape index (κ3) is 2.49. The molecule has 0 saturated carbocycles. The predicted molar refractivity (Wildman–Crippen MR) is 77.5 cm³/mol. The second-order valence-corrected chi connectivity index (χ2v) is 6.50. The van der Waals surface area contributed by atoms with Crippen molar-refractivity contribution in [2.24, 2.45) is 5.92 Å². The van der Waals surface area contributed by atoms with E-state index in [-0.39, 0.29) is 5.60 Å². The third-order valence-corrected chi connectivity index (χ3v) is 4.40. The first-order valence-corrected chi connectivity index (χ1v) is 7.26. The maximum absolute atomic E-state index is 6.07. The molecule has 0 bridgehead atoms. The highest BCUT2D eigenvalue weighted by Crippen LogP contribution is 2.42. The number of hydrogen-bond donors (Lipinski definition) is 1. The summed E-state index contributed by atoms with van der Waals surface area (Å²) in [6.45, 7) is 7.86. The summed E-state index contributed by atoms with van der Waals surface area (Å²) in [4.78, 5) is 2.41. The lowest BCUT2D eigenvalue weighted by Gasteiger charge is -2.28. The van der Waals surface area contributed by atoms with Crippen LogP contribution in [0, 0.1) is 5.92 Å². The largest absolute Gasteiger partial charge is 0.486 e. The van der Waals surface area contributed by atoms with E-state index in [1.807, 2.05) is 6.07 Å². The fraction of sp³-hybridized carbons (Fsp3) is 0.625. The second-order valence-electron chi connectivity index (χ2n) is 6.50. The summed E-state index contributed by atoms with van der Waals surface area (Å²) in [5, 5.41) is 3.74. The van der Waals surface area contributed by atoms with Gasteiger partial charge in [-0.25, -0.2) is 0 Å². The lowest BCUT2D eigenvalue weighted by molar-refractivity contribution is 0.0947. The highest BCUT2D eigenvalue weighted by molar-refractivity contribution is 5.42. The zero-order chi connectivity index (χ0) is 13.5. The Kier molecular flexibility index (Phi) is 3.27. The standard InChI is InChI=1S/C16H24N2O/c1-16(2)15(13-6-4-5-7-14(13)19-16)17-10-12-8-9-18(3)11-12/h4-7,12,15,17H,8-11H2,1-3H3. The number of para-hydroxylation sites is 1. The van der Waals surface area contributed by atoms with Gasteiger partial charge in [-0.2, -0.15) is 0 Å².